The zero-order valence-electron chi connectivity index (χ0n) is 11.2. The van der Waals surface area contributed by atoms with Crippen LogP contribution in [0.3, 0.4) is 0 Å². The number of hydrogen-bond acceptors (Lipinski definition) is 5. The van der Waals surface area contributed by atoms with Gasteiger partial charge in [-0.25, -0.2) is 9.78 Å². The van der Waals surface area contributed by atoms with Crippen molar-refractivity contribution in [2.45, 2.75) is 33.7 Å². The molecule has 0 unspecified atom stereocenters. The van der Waals surface area contributed by atoms with E-state index >= 15 is 0 Å². The average molecular weight is 270 g/mol. The van der Waals surface area contributed by atoms with E-state index in [0.717, 1.165) is 5.01 Å². The molecular weight excluding hydrogens is 252 g/mol. The highest BCUT2D eigenvalue weighted by Gasteiger charge is 2.34. The molecule has 0 radical (unpaired) electrons. The Balaban J connectivity index is 2.85. The lowest BCUT2D eigenvalue weighted by molar-refractivity contribution is -0.145. The molecule has 1 heterocycles. The summed E-state index contributed by atoms with van der Waals surface area (Å²) in [5.74, 6) is -0.813. The average Bonchev–Trinajstić information content (AvgIpc) is 2.70. The minimum absolute atomic E-state index is 0.329. The molecule has 18 heavy (non-hydrogen) atoms. The van der Waals surface area contributed by atoms with Gasteiger partial charge >= 0.3 is 5.97 Å². The number of nitrogens with zero attached hydrogens (tertiary/aromatic N) is 1. The van der Waals surface area contributed by atoms with Crippen LogP contribution in [0.4, 0.5) is 0 Å². The zero-order chi connectivity index (χ0) is 13.9. The third kappa shape index (κ3) is 3.53. The molecule has 0 saturated carbocycles. The lowest BCUT2D eigenvalue weighted by Crippen LogP contribution is -2.49. The molecule has 1 aromatic heterocycles. The van der Waals surface area contributed by atoms with Crippen LogP contribution in [0.2, 0.25) is 0 Å². The lowest BCUT2D eigenvalue weighted by Gasteiger charge is -2.28. The van der Waals surface area contributed by atoms with E-state index < -0.39 is 17.4 Å². The van der Waals surface area contributed by atoms with Gasteiger partial charge in [0.1, 0.15) is 11.7 Å². The summed E-state index contributed by atoms with van der Waals surface area (Å²) in [4.78, 5) is 27.7. The van der Waals surface area contributed by atoms with Gasteiger partial charge in [-0.15, -0.1) is 11.3 Å². The number of thiazole rings is 1. The summed E-state index contributed by atoms with van der Waals surface area (Å²) in [6.45, 7) is 7.41. The van der Waals surface area contributed by atoms with Gasteiger partial charge in [-0.05, 0) is 12.3 Å². The highest BCUT2D eigenvalue weighted by Crippen LogP contribution is 2.21. The summed E-state index contributed by atoms with van der Waals surface area (Å²) in [5.41, 5.74) is -0.0935. The second-order valence-corrected chi connectivity index (χ2v) is 6.11. The number of hydrogen-bond donors (Lipinski definition) is 1. The van der Waals surface area contributed by atoms with Gasteiger partial charge in [-0.1, -0.05) is 20.8 Å². The molecule has 5 nitrogen and oxygen atoms in total. The van der Waals surface area contributed by atoms with Gasteiger partial charge in [-0.3, -0.25) is 4.79 Å². The maximum absolute atomic E-state index is 12.0. The molecule has 1 rings (SSSR count). The van der Waals surface area contributed by atoms with Crippen LogP contribution in [-0.2, 0) is 9.53 Å². The standard InChI is InChI=1S/C12H18N2O3S/c1-7-13-8(6-18-7)10(15)14-9(11(16)17-5)12(2,3)4/h6,9H,1-5H3,(H,14,15)/t9-/m0/s1. The number of esters is 1. The molecule has 100 valence electrons. The fourth-order valence-electron chi connectivity index (χ4n) is 1.42. The quantitative estimate of drug-likeness (QED) is 0.850. The third-order valence-corrected chi connectivity index (χ3v) is 3.20. The summed E-state index contributed by atoms with van der Waals surface area (Å²) in [6.07, 6.45) is 0. The number of aromatic nitrogens is 1. The van der Waals surface area contributed by atoms with Gasteiger partial charge in [0.15, 0.2) is 0 Å². The van der Waals surface area contributed by atoms with Crippen LogP contribution in [0.25, 0.3) is 0 Å². The molecule has 0 spiro atoms. The van der Waals surface area contributed by atoms with Crippen LogP contribution in [0.1, 0.15) is 36.3 Å². The SMILES string of the molecule is COC(=O)[C@H](NC(=O)c1csc(C)n1)C(C)(C)C. The van der Waals surface area contributed by atoms with Crippen molar-refractivity contribution in [3.8, 4) is 0 Å². The molecule has 0 aromatic carbocycles. The van der Waals surface area contributed by atoms with Crippen molar-refractivity contribution in [3.63, 3.8) is 0 Å². The van der Waals surface area contributed by atoms with Crippen molar-refractivity contribution >= 4 is 23.2 Å². The molecule has 1 atom stereocenters. The Labute approximate surface area is 111 Å². The van der Waals surface area contributed by atoms with Gasteiger partial charge in [0.25, 0.3) is 5.91 Å². The number of amides is 1. The van der Waals surface area contributed by atoms with E-state index in [1.54, 1.807) is 5.38 Å². The van der Waals surface area contributed by atoms with Gasteiger partial charge in [0.05, 0.1) is 12.1 Å². The Bertz CT molecular complexity index is 448. The van der Waals surface area contributed by atoms with E-state index in [0.29, 0.717) is 5.69 Å². The molecule has 1 N–H and O–H groups in total. The highest BCUT2D eigenvalue weighted by atomic mass is 32.1. The highest BCUT2D eigenvalue weighted by molar-refractivity contribution is 7.09. The maximum Gasteiger partial charge on any atom is 0.328 e. The summed E-state index contributed by atoms with van der Waals surface area (Å²) < 4.78 is 4.71. The van der Waals surface area contributed by atoms with E-state index in [9.17, 15) is 9.59 Å². The second-order valence-electron chi connectivity index (χ2n) is 5.05. The Kier molecular flexibility index (Phi) is 4.45. The Morgan fingerprint density at radius 3 is 2.44 bits per heavy atom. The van der Waals surface area contributed by atoms with E-state index in [-0.39, 0.29) is 5.91 Å². The number of carbonyl (C=O) groups excluding carboxylic acids is 2. The molecule has 0 aliphatic rings. The fraction of sp³-hybridized carbons (Fsp3) is 0.583. The molecule has 6 heteroatoms. The molecular formula is C12H18N2O3S. The van der Waals surface area contributed by atoms with E-state index in [1.165, 1.54) is 18.4 Å². The van der Waals surface area contributed by atoms with Crippen LogP contribution >= 0.6 is 11.3 Å². The number of nitrogens with one attached hydrogen (secondary N) is 1. The minimum Gasteiger partial charge on any atom is -0.467 e. The smallest absolute Gasteiger partial charge is 0.328 e. The van der Waals surface area contributed by atoms with Crippen molar-refractivity contribution in [1.29, 1.82) is 0 Å². The van der Waals surface area contributed by atoms with Crippen molar-refractivity contribution in [1.82, 2.24) is 10.3 Å². The van der Waals surface area contributed by atoms with Crippen molar-refractivity contribution < 1.29 is 14.3 Å². The number of aryl methyl sites for hydroxylation is 1. The summed E-state index contributed by atoms with van der Waals surface area (Å²) in [5, 5.41) is 5.15. The molecule has 0 saturated heterocycles. The number of rotatable bonds is 3. The van der Waals surface area contributed by atoms with Crippen molar-refractivity contribution in [2.24, 2.45) is 5.41 Å². The minimum atomic E-state index is -0.697. The summed E-state index contributed by atoms with van der Waals surface area (Å²) in [6, 6.07) is -0.697. The first-order chi connectivity index (χ1) is 8.25. The van der Waals surface area contributed by atoms with Gasteiger partial charge < -0.3 is 10.1 Å². The predicted octanol–water partition coefficient (Wildman–Crippen LogP) is 1.77. The Hall–Kier alpha value is -1.43. The first kappa shape index (κ1) is 14.6. The van der Waals surface area contributed by atoms with Crippen LogP contribution in [0.5, 0.6) is 0 Å². The van der Waals surface area contributed by atoms with Gasteiger partial charge in [-0.2, -0.15) is 0 Å². The molecule has 0 aliphatic heterocycles. The summed E-state index contributed by atoms with van der Waals surface area (Å²) in [7, 11) is 1.31. The first-order valence-corrected chi connectivity index (χ1v) is 6.44. The second kappa shape index (κ2) is 5.48. The first-order valence-electron chi connectivity index (χ1n) is 5.56. The van der Waals surface area contributed by atoms with Crippen LogP contribution < -0.4 is 5.32 Å². The molecule has 1 amide bonds. The van der Waals surface area contributed by atoms with E-state index in [4.69, 9.17) is 4.74 Å². The van der Waals surface area contributed by atoms with Gasteiger partial charge in [0.2, 0.25) is 0 Å². The molecule has 0 fully saturated rings. The fourth-order valence-corrected chi connectivity index (χ4v) is 2.01. The van der Waals surface area contributed by atoms with E-state index in [2.05, 4.69) is 10.3 Å². The van der Waals surface area contributed by atoms with Crippen LogP contribution in [0, 0.1) is 12.3 Å². The normalized spacial score (nSPS) is 12.9. The van der Waals surface area contributed by atoms with E-state index in [1.807, 2.05) is 27.7 Å². The molecule has 0 aliphatic carbocycles. The third-order valence-electron chi connectivity index (χ3n) is 2.43. The maximum atomic E-state index is 12.0. The number of carbonyl (C=O) groups is 2. The van der Waals surface area contributed by atoms with Crippen LogP contribution in [0.15, 0.2) is 5.38 Å². The zero-order valence-corrected chi connectivity index (χ0v) is 12.1. The molecule has 0 bridgehead atoms. The van der Waals surface area contributed by atoms with Crippen LogP contribution in [-0.4, -0.2) is 30.0 Å². The number of methoxy groups -OCH3 is 1. The largest absolute Gasteiger partial charge is 0.467 e. The molecule has 1 aromatic rings. The topological polar surface area (TPSA) is 68.3 Å². The van der Waals surface area contributed by atoms with Crippen molar-refractivity contribution in [3.05, 3.63) is 16.1 Å². The lowest BCUT2D eigenvalue weighted by atomic mass is 9.86. The van der Waals surface area contributed by atoms with Gasteiger partial charge in [0, 0.05) is 5.38 Å². The Morgan fingerprint density at radius 1 is 1.44 bits per heavy atom. The predicted molar refractivity (Wildman–Crippen MR) is 69.6 cm³/mol. The van der Waals surface area contributed by atoms with Crippen molar-refractivity contribution in [2.75, 3.05) is 7.11 Å². The summed E-state index contributed by atoms with van der Waals surface area (Å²) >= 11 is 1.39. The number of ether oxygens (including phenoxy) is 1. The Morgan fingerprint density at radius 2 is 2.06 bits per heavy atom. The monoisotopic (exact) mass is 270 g/mol.